The Morgan fingerprint density at radius 2 is 2.10 bits per heavy atom. The minimum Gasteiger partial charge on any atom is -0.407 e. The Labute approximate surface area is 124 Å². The van der Waals surface area contributed by atoms with Crippen LogP contribution < -0.4 is 10.6 Å². The van der Waals surface area contributed by atoms with E-state index in [4.69, 9.17) is 10.2 Å². The number of hydrogen-bond acceptors (Lipinski definition) is 6. The van der Waals surface area contributed by atoms with Gasteiger partial charge in [-0.25, -0.2) is 0 Å². The molecule has 6 nitrogen and oxygen atoms in total. The summed E-state index contributed by atoms with van der Waals surface area (Å²) in [6, 6.07) is 9.59. The van der Waals surface area contributed by atoms with Gasteiger partial charge in [0.25, 0.3) is 0 Å². The summed E-state index contributed by atoms with van der Waals surface area (Å²) in [7, 11) is 4.13. The van der Waals surface area contributed by atoms with Crippen molar-refractivity contribution in [1.82, 2.24) is 15.1 Å². The van der Waals surface area contributed by atoms with Crippen LogP contribution in [0.1, 0.15) is 17.0 Å². The molecule has 0 aliphatic carbocycles. The Kier molecular flexibility index (Phi) is 3.90. The summed E-state index contributed by atoms with van der Waals surface area (Å²) in [5.74, 6) is 0.471. The number of nitrogens with zero attached hydrogens (tertiary/aromatic N) is 4. The van der Waals surface area contributed by atoms with Crippen molar-refractivity contribution in [1.29, 1.82) is 0 Å². The zero-order valence-corrected chi connectivity index (χ0v) is 12.5. The van der Waals surface area contributed by atoms with E-state index in [0.29, 0.717) is 17.9 Å². The molecule has 21 heavy (non-hydrogen) atoms. The lowest BCUT2D eigenvalue weighted by atomic mass is 9.94. The van der Waals surface area contributed by atoms with Crippen LogP contribution in [0.15, 0.2) is 28.7 Å². The van der Waals surface area contributed by atoms with Crippen molar-refractivity contribution in [2.45, 2.75) is 25.6 Å². The summed E-state index contributed by atoms with van der Waals surface area (Å²) in [6.45, 7) is 2.10. The van der Waals surface area contributed by atoms with E-state index in [0.717, 1.165) is 19.5 Å². The fraction of sp³-hybridized carbons (Fsp3) is 0.467. The molecule has 2 aromatic rings. The molecule has 112 valence electrons. The first kappa shape index (κ1) is 14.0. The van der Waals surface area contributed by atoms with Crippen LogP contribution in [-0.4, -0.2) is 41.8 Å². The predicted octanol–water partition coefficient (Wildman–Crippen LogP) is 1.02. The molecule has 2 N–H and O–H groups in total. The molecule has 0 saturated carbocycles. The lowest BCUT2D eigenvalue weighted by Crippen LogP contribution is -2.44. The van der Waals surface area contributed by atoms with Gasteiger partial charge >= 0.3 is 6.01 Å². The standard InChI is InChI=1S/C15H21N5O/c1-19-9-12-6-4-3-5-11(12)7-13(19)10-20(2)15-18-17-14(8-16)21-15/h3-6,13H,7-10,16H2,1-2H3. The van der Waals surface area contributed by atoms with Crippen LogP contribution in [0.4, 0.5) is 6.01 Å². The second-order valence-electron chi connectivity index (χ2n) is 5.60. The number of anilines is 1. The SMILES string of the molecule is CN(CC1Cc2ccccc2CN1C)c1nnc(CN)o1. The molecule has 6 heteroatoms. The number of fused-ring (bicyclic) bond motifs is 1. The van der Waals surface area contributed by atoms with Crippen molar-refractivity contribution in [2.75, 3.05) is 25.5 Å². The van der Waals surface area contributed by atoms with Gasteiger partial charge in [-0.15, -0.1) is 5.10 Å². The second kappa shape index (κ2) is 5.83. The fourth-order valence-corrected chi connectivity index (χ4v) is 2.80. The lowest BCUT2D eigenvalue weighted by molar-refractivity contribution is 0.217. The van der Waals surface area contributed by atoms with E-state index >= 15 is 0 Å². The molecule has 1 aliphatic rings. The zero-order chi connectivity index (χ0) is 14.8. The molecule has 0 amide bonds. The molecule has 1 aromatic carbocycles. The summed E-state index contributed by atoms with van der Waals surface area (Å²) in [5.41, 5.74) is 8.35. The maximum Gasteiger partial charge on any atom is 0.317 e. The average Bonchev–Trinajstić information content (AvgIpc) is 2.97. The Morgan fingerprint density at radius 3 is 2.81 bits per heavy atom. The van der Waals surface area contributed by atoms with E-state index in [1.165, 1.54) is 11.1 Å². The third kappa shape index (κ3) is 2.91. The van der Waals surface area contributed by atoms with Crippen LogP contribution in [0.5, 0.6) is 0 Å². The summed E-state index contributed by atoms with van der Waals surface area (Å²) < 4.78 is 5.50. The van der Waals surface area contributed by atoms with E-state index in [-0.39, 0.29) is 6.54 Å². The third-order valence-electron chi connectivity index (χ3n) is 4.06. The molecule has 1 aromatic heterocycles. The Hall–Kier alpha value is -1.92. The Morgan fingerprint density at radius 1 is 1.33 bits per heavy atom. The second-order valence-corrected chi connectivity index (χ2v) is 5.60. The van der Waals surface area contributed by atoms with Gasteiger partial charge in [-0.05, 0) is 24.6 Å². The number of likely N-dealkylation sites (N-methyl/N-ethyl adjacent to an activating group) is 2. The number of aromatic nitrogens is 2. The summed E-state index contributed by atoms with van der Waals surface area (Å²) in [6.07, 6.45) is 1.04. The zero-order valence-electron chi connectivity index (χ0n) is 12.5. The van der Waals surface area contributed by atoms with Gasteiger partial charge < -0.3 is 15.1 Å². The monoisotopic (exact) mass is 287 g/mol. The van der Waals surface area contributed by atoms with Gasteiger partial charge in [0, 0.05) is 26.2 Å². The van der Waals surface area contributed by atoms with E-state index in [2.05, 4.69) is 46.4 Å². The molecular weight excluding hydrogens is 266 g/mol. The van der Waals surface area contributed by atoms with Gasteiger partial charge in [0.1, 0.15) is 0 Å². The van der Waals surface area contributed by atoms with Gasteiger partial charge in [0.15, 0.2) is 0 Å². The summed E-state index contributed by atoms with van der Waals surface area (Å²) >= 11 is 0. The van der Waals surface area contributed by atoms with Gasteiger partial charge in [0.2, 0.25) is 5.89 Å². The third-order valence-corrected chi connectivity index (χ3v) is 4.06. The first-order chi connectivity index (χ1) is 10.2. The van der Waals surface area contributed by atoms with Gasteiger partial charge in [-0.3, -0.25) is 4.90 Å². The van der Waals surface area contributed by atoms with Gasteiger partial charge in [0.05, 0.1) is 6.54 Å². The van der Waals surface area contributed by atoms with Crippen molar-refractivity contribution >= 4 is 6.01 Å². The normalized spacial score (nSPS) is 18.5. The molecule has 1 unspecified atom stereocenters. The fourth-order valence-electron chi connectivity index (χ4n) is 2.80. The first-order valence-electron chi connectivity index (χ1n) is 7.18. The van der Waals surface area contributed by atoms with Crippen molar-refractivity contribution in [2.24, 2.45) is 5.73 Å². The molecule has 0 fully saturated rings. The molecule has 1 aliphatic heterocycles. The smallest absolute Gasteiger partial charge is 0.317 e. The Bertz CT molecular complexity index is 612. The highest BCUT2D eigenvalue weighted by molar-refractivity contribution is 5.31. The molecule has 1 atom stereocenters. The minimum atomic E-state index is 0.275. The largest absolute Gasteiger partial charge is 0.407 e. The maximum absolute atomic E-state index is 5.50. The first-order valence-corrected chi connectivity index (χ1v) is 7.18. The lowest BCUT2D eigenvalue weighted by Gasteiger charge is -2.35. The van der Waals surface area contributed by atoms with Crippen LogP contribution in [0.2, 0.25) is 0 Å². The topological polar surface area (TPSA) is 71.4 Å². The Balaban J connectivity index is 1.70. The number of benzene rings is 1. The van der Waals surface area contributed by atoms with E-state index < -0.39 is 0 Å². The number of rotatable bonds is 4. The van der Waals surface area contributed by atoms with Crippen molar-refractivity contribution < 1.29 is 4.42 Å². The maximum atomic E-state index is 5.50. The van der Waals surface area contributed by atoms with Crippen LogP contribution in [0.25, 0.3) is 0 Å². The van der Waals surface area contributed by atoms with Crippen LogP contribution >= 0.6 is 0 Å². The van der Waals surface area contributed by atoms with Crippen LogP contribution in [-0.2, 0) is 19.5 Å². The molecule has 3 rings (SSSR count). The van der Waals surface area contributed by atoms with Crippen molar-refractivity contribution in [3.8, 4) is 0 Å². The van der Waals surface area contributed by atoms with E-state index in [9.17, 15) is 0 Å². The van der Waals surface area contributed by atoms with Crippen molar-refractivity contribution in [3.63, 3.8) is 0 Å². The number of hydrogen-bond donors (Lipinski definition) is 1. The molecule has 0 spiro atoms. The van der Waals surface area contributed by atoms with E-state index in [1.54, 1.807) is 0 Å². The quantitative estimate of drug-likeness (QED) is 0.905. The highest BCUT2D eigenvalue weighted by atomic mass is 16.4. The highest BCUT2D eigenvalue weighted by Gasteiger charge is 2.25. The molecular formula is C15H21N5O. The highest BCUT2D eigenvalue weighted by Crippen LogP contribution is 2.23. The van der Waals surface area contributed by atoms with Crippen LogP contribution in [0.3, 0.4) is 0 Å². The molecule has 0 bridgehead atoms. The van der Waals surface area contributed by atoms with Gasteiger partial charge in [-0.1, -0.05) is 29.4 Å². The molecule has 0 radical (unpaired) electrons. The number of nitrogens with two attached hydrogens (primary N) is 1. The average molecular weight is 287 g/mol. The van der Waals surface area contributed by atoms with Crippen LogP contribution in [0, 0.1) is 0 Å². The summed E-state index contributed by atoms with van der Waals surface area (Å²) in [5, 5.41) is 7.94. The van der Waals surface area contributed by atoms with Gasteiger partial charge in [-0.2, -0.15) is 0 Å². The molecule has 0 saturated heterocycles. The predicted molar refractivity (Wildman–Crippen MR) is 80.9 cm³/mol. The minimum absolute atomic E-state index is 0.275. The van der Waals surface area contributed by atoms with Crippen molar-refractivity contribution in [3.05, 3.63) is 41.3 Å². The summed E-state index contributed by atoms with van der Waals surface area (Å²) in [4.78, 5) is 4.38. The van der Waals surface area contributed by atoms with E-state index in [1.807, 2.05) is 11.9 Å². The molecule has 2 heterocycles.